The number of hydrogen-bond acceptors (Lipinski definition) is 3. The Morgan fingerprint density at radius 3 is 2.58 bits per heavy atom. The van der Waals surface area contributed by atoms with Crippen molar-refractivity contribution in [1.82, 2.24) is 14.8 Å². The third-order valence-corrected chi connectivity index (χ3v) is 2.79. The van der Waals surface area contributed by atoms with Crippen LogP contribution in [0.2, 0.25) is 0 Å². The van der Waals surface area contributed by atoms with Crippen LogP contribution in [0.3, 0.4) is 0 Å². The minimum absolute atomic E-state index is 0.0155. The number of halogens is 2. The Labute approximate surface area is 109 Å². The lowest BCUT2D eigenvalue weighted by Crippen LogP contribution is -2.14. The second-order valence-electron chi connectivity index (χ2n) is 4.08. The Hall–Kier alpha value is -2.11. The average molecular weight is 265 g/mol. The van der Waals surface area contributed by atoms with Crippen molar-refractivity contribution in [1.29, 1.82) is 0 Å². The minimum Gasteiger partial charge on any atom is -0.299 e. The van der Waals surface area contributed by atoms with Crippen LogP contribution in [0.15, 0.2) is 24.5 Å². The number of carbonyl (C=O) groups is 1. The molecule has 0 saturated carbocycles. The van der Waals surface area contributed by atoms with Gasteiger partial charge in [-0.25, -0.2) is 18.4 Å². The molecular formula is C13H13F2N3O. The lowest BCUT2D eigenvalue weighted by molar-refractivity contribution is -0.118. The van der Waals surface area contributed by atoms with E-state index in [0.717, 1.165) is 12.1 Å². The molecule has 6 heteroatoms. The fraction of sp³-hybridized carbons (Fsp3) is 0.308. The van der Waals surface area contributed by atoms with Crippen LogP contribution in [0.1, 0.15) is 18.3 Å². The Morgan fingerprint density at radius 2 is 1.95 bits per heavy atom. The molecule has 0 bridgehead atoms. The van der Waals surface area contributed by atoms with E-state index in [1.54, 1.807) is 4.68 Å². The fourth-order valence-electron chi connectivity index (χ4n) is 1.83. The van der Waals surface area contributed by atoms with Gasteiger partial charge in [-0.2, -0.15) is 5.10 Å². The molecule has 0 radical (unpaired) electrons. The highest BCUT2D eigenvalue weighted by Crippen LogP contribution is 2.13. The van der Waals surface area contributed by atoms with Crippen molar-refractivity contribution in [3.63, 3.8) is 0 Å². The van der Waals surface area contributed by atoms with E-state index in [1.165, 1.54) is 12.4 Å². The number of aryl methyl sites for hydroxylation is 1. The molecule has 1 aromatic heterocycles. The maximum absolute atomic E-state index is 13.4. The largest absolute Gasteiger partial charge is 0.299 e. The van der Waals surface area contributed by atoms with E-state index in [0.29, 0.717) is 12.4 Å². The quantitative estimate of drug-likeness (QED) is 0.830. The van der Waals surface area contributed by atoms with Gasteiger partial charge in [0.2, 0.25) is 0 Å². The topological polar surface area (TPSA) is 47.8 Å². The molecule has 0 unspecified atom stereocenters. The van der Waals surface area contributed by atoms with Gasteiger partial charge in [0.05, 0.1) is 6.42 Å². The van der Waals surface area contributed by atoms with E-state index >= 15 is 0 Å². The summed E-state index contributed by atoms with van der Waals surface area (Å²) in [5.74, 6) is -1.20. The van der Waals surface area contributed by atoms with E-state index in [2.05, 4.69) is 10.1 Å². The molecule has 0 aliphatic rings. The van der Waals surface area contributed by atoms with Gasteiger partial charge in [0.15, 0.2) is 0 Å². The van der Waals surface area contributed by atoms with Gasteiger partial charge in [-0.3, -0.25) is 4.79 Å². The number of Topliss-reactive ketones (excluding diaryl/α,β-unsaturated/α-hetero) is 1. The summed E-state index contributed by atoms with van der Waals surface area (Å²) in [6.07, 6.45) is 1.09. The number of hydrogen-bond donors (Lipinski definition) is 0. The Kier molecular flexibility index (Phi) is 3.99. The predicted octanol–water partition coefficient (Wildman–Crippen LogP) is 1.93. The van der Waals surface area contributed by atoms with Gasteiger partial charge in [-0.15, -0.1) is 0 Å². The Morgan fingerprint density at radius 1 is 1.26 bits per heavy atom. The third-order valence-electron chi connectivity index (χ3n) is 2.79. The highest BCUT2D eigenvalue weighted by Gasteiger charge is 2.15. The average Bonchev–Trinajstić information content (AvgIpc) is 2.81. The lowest BCUT2D eigenvalue weighted by Gasteiger charge is -2.05. The van der Waals surface area contributed by atoms with Crippen molar-refractivity contribution in [2.24, 2.45) is 0 Å². The SMILES string of the molecule is CCn1ncnc1CC(=O)Cc1c(F)cccc1F. The van der Waals surface area contributed by atoms with Crippen LogP contribution in [-0.2, 0) is 24.2 Å². The molecule has 0 saturated heterocycles. The first kappa shape index (κ1) is 13.3. The molecule has 0 spiro atoms. The molecular weight excluding hydrogens is 252 g/mol. The number of aromatic nitrogens is 3. The van der Waals surface area contributed by atoms with Crippen LogP contribution in [0.25, 0.3) is 0 Å². The van der Waals surface area contributed by atoms with Crippen molar-refractivity contribution >= 4 is 5.78 Å². The van der Waals surface area contributed by atoms with Gasteiger partial charge < -0.3 is 0 Å². The van der Waals surface area contributed by atoms with Crippen LogP contribution in [0, 0.1) is 11.6 Å². The van der Waals surface area contributed by atoms with Crippen molar-refractivity contribution in [2.75, 3.05) is 0 Å². The van der Waals surface area contributed by atoms with Gasteiger partial charge in [-0.1, -0.05) is 6.07 Å². The first-order chi connectivity index (χ1) is 9.11. The molecule has 0 aliphatic carbocycles. The molecule has 0 aliphatic heterocycles. The number of benzene rings is 1. The van der Waals surface area contributed by atoms with Gasteiger partial charge >= 0.3 is 0 Å². The van der Waals surface area contributed by atoms with Crippen LogP contribution < -0.4 is 0 Å². The highest BCUT2D eigenvalue weighted by molar-refractivity contribution is 5.82. The zero-order valence-corrected chi connectivity index (χ0v) is 10.4. The van der Waals surface area contributed by atoms with Gasteiger partial charge in [-0.05, 0) is 19.1 Å². The summed E-state index contributed by atoms with van der Waals surface area (Å²) in [6, 6.07) is 3.55. The maximum atomic E-state index is 13.4. The lowest BCUT2D eigenvalue weighted by atomic mass is 10.1. The number of ketones is 1. The molecule has 1 aromatic carbocycles. The van der Waals surface area contributed by atoms with Crippen molar-refractivity contribution < 1.29 is 13.6 Å². The number of rotatable bonds is 5. The normalized spacial score (nSPS) is 10.7. The van der Waals surface area contributed by atoms with Gasteiger partial charge in [0.1, 0.15) is 29.6 Å². The molecule has 0 amide bonds. The van der Waals surface area contributed by atoms with Crippen LogP contribution in [0.5, 0.6) is 0 Å². The second-order valence-corrected chi connectivity index (χ2v) is 4.08. The highest BCUT2D eigenvalue weighted by atomic mass is 19.1. The van der Waals surface area contributed by atoms with E-state index < -0.39 is 11.6 Å². The van der Waals surface area contributed by atoms with E-state index in [4.69, 9.17) is 0 Å². The molecule has 19 heavy (non-hydrogen) atoms. The first-order valence-corrected chi connectivity index (χ1v) is 5.93. The van der Waals surface area contributed by atoms with E-state index in [9.17, 15) is 13.6 Å². The molecule has 2 aromatic rings. The summed E-state index contributed by atoms with van der Waals surface area (Å²) in [7, 11) is 0. The summed E-state index contributed by atoms with van der Waals surface area (Å²) in [4.78, 5) is 15.8. The summed E-state index contributed by atoms with van der Waals surface area (Å²) in [5, 5.41) is 3.94. The minimum atomic E-state index is -0.703. The van der Waals surface area contributed by atoms with Crippen molar-refractivity contribution in [3.8, 4) is 0 Å². The van der Waals surface area contributed by atoms with Gasteiger partial charge in [0.25, 0.3) is 0 Å². The second kappa shape index (κ2) is 5.69. The first-order valence-electron chi connectivity index (χ1n) is 5.93. The number of carbonyl (C=O) groups excluding carboxylic acids is 1. The monoisotopic (exact) mass is 265 g/mol. The molecule has 1 heterocycles. The molecule has 2 rings (SSSR count). The summed E-state index contributed by atoms with van der Waals surface area (Å²) < 4.78 is 28.4. The predicted molar refractivity (Wildman–Crippen MR) is 64.5 cm³/mol. The van der Waals surface area contributed by atoms with Crippen LogP contribution in [0.4, 0.5) is 8.78 Å². The fourth-order valence-corrected chi connectivity index (χ4v) is 1.83. The third kappa shape index (κ3) is 3.01. The zero-order valence-electron chi connectivity index (χ0n) is 10.4. The maximum Gasteiger partial charge on any atom is 0.145 e. The Bertz CT molecular complexity index is 575. The van der Waals surface area contributed by atoms with Gasteiger partial charge in [0, 0.05) is 18.5 Å². The zero-order chi connectivity index (χ0) is 13.8. The molecule has 0 N–H and O–H groups in total. The molecule has 0 fully saturated rings. The number of nitrogens with zero attached hydrogens (tertiary/aromatic N) is 3. The van der Waals surface area contributed by atoms with Crippen LogP contribution >= 0.6 is 0 Å². The smallest absolute Gasteiger partial charge is 0.145 e. The summed E-state index contributed by atoms with van der Waals surface area (Å²) >= 11 is 0. The standard InChI is InChI=1S/C13H13F2N3O/c1-2-18-13(16-8-17-18)7-9(19)6-10-11(14)4-3-5-12(10)15/h3-5,8H,2,6-7H2,1H3. The summed E-state index contributed by atoms with van der Waals surface area (Å²) in [5.41, 5.74) is -0.199. The Balaban J connectivity index is 2.10. The van der Waals surface area contributed by atoms with Crippen molar-refractivity contribution in [2.45, 2.75) is 26.3 Å². The van der Waals surface area contributed by atoms with E-state index in [1.807, 2.05) is 6.92 Å². The molecule has 4 nitrogen and oxygen atoms in total. The van der Waals surface area contributed by atoms with Crippen molar-refractivity contribution in [3.05, 3.63) is 47.5 Å². The molecule has 100 valence electrons. The van der Waals surface area contributed by atoms with Crippen LogP contribution in [-0.4, -0.2) is 20.5 Å². The van der Waals surface area contributed by atoms with E-state index in [-0.39, 0.29) is 24.2 Å². The molecule has 0 atom stereocenters. The summed E-state index contributed by atoms with van der Waals surface area (Å²) in [6.45, 7) is 2.47.